The lowest BCUT2D eigenvalue weighted by atomic mass is 10.0. The summed E-state index contributed by atoms with van der Waals surface area (Å²) in [6.45, 7) is 5.37. The molecule has 3 nitrogen and oxygen atoms in total. The normalized spacial score (nSPS) is 13.7. The zero-order chi connectivity index (χ0) is 14.3. The van der Waals surface area contributed by atoms with Gasteiger partial charge >= 0.3 is 0 Å². The molecule has 1 aromatic carbocycles. The number of nitrogens with one attached hydrogen (secondary N) is 1. The van der Waals surface area contributed by atoms with Crippen molar-refractivity contribution in [2.24, 2.45) is 5.92 Å². The molecule has 1 N–H and O–H groups in total. The van der Waals surface area contributed by atoms with Crippen molar-refractivity contribution in [2.45, 2.75) is 26.7 Å². The zero-order valence-corrected chi connectivity index (χ0v) is 13.1. The molecule has 2 heterocycles. The van der Waals surface area contributed by atoms with Crippen LogP contribution in [0.25, 0.3) is 5.69 Å². The Labute approximate surface area is 128 Å². The van der Waals surface area contributed by atoms with Crippen LogP contribution >= 0.6 is 23.2 Å². The molecule has 1 aromatic heterocycles. The Morgan fingerprint density at radius 2 is 2.15 bits per heavy atom. The molecule has 0 unspecified atom stereocenters. The Bertz CT molecular complexity index is 647. The van der Waals surface area contributed by atoms with Crippen LogP contribution < -0.4 is 5.32 Å². The van der Waals surface area contributed by atoms with Crippen LogP contribution in [0.3, 0.4) is 0 Å². The first-order valence-electron chi connectivity index (χ1n) is 6.87. The lowest BCUT2D eigenvalue weighted by molar-refractivity contribution is 0.624. The molecule has 0 fully saturated rings. The summed E-state index contributed by atoms with van der Waals surface area (Å²) in [5.74, 6) is 1.64. The number of hydrogen-bond acceptors (Lipinski definition) is 2. The van der Waals surface area contributed by atoms with Crippen molar-refractivity contribution >= 4 is 29.0 Å². The van der Waals surface area contributed by atoms with E-state index >= 15 is 0 Å². The minimum absolute atomic E-state index is 0.546. The molecule has 0 amide bonds. The average molecular weight is 310 g/mol. The minimum atomic E-state index is 0.546. The molecule has 1 aliphatic heterocycles. The summed E-state index contributed by atoms with van der Waals surface area (Å²) in [6.07, 6.45) is 2.00. The minimum Gasteiger partial charge on any atom is -0.369 e. The lowest BCUT2D eigenvalue weighted by Crippen LogP contribution is -2.06. The molecule has 0 spiro atoms. The molecule has 0 atom stereocenters. The van der Waals surface area contributed by atoms with Gasteiger partial charge in [-0.2, -0.15) is 5.10 Å². The van der Waals surface area contributed by atoms with Gasteiger partial charge in [0.05, 0.1) is 21.4 Å². The molecule has 20 heavy (non-hydrogen) atoms. The molecule has 1 aliphatic rings. The van der Waals surface area contributed by atoms with E-state index in [1.165, 1.54) is 5.56 Å². The Morgan fingerprint density at radius 3 is 2.90 bits per heavy atom. The molecule has 106 valence electrons. The van der Waals surface area contributed by atoms with E-state index in [-0.39, 0.29) is 0 Å². The predicted octanol–water partition coefficient (Wildman–Crippen LogP) is 4.35. The maximum Gasteiger partial charge on any atom is 0.133 e. The van der Waals surface area contributed by atoms with Crippen molar-refractivity contribution in [3.63, 3.8) is 0 Å². The number of aromatic nitrogens is 2. The summed E-state index contributed by atoms with van der Waals surface area (Å²) in [7, 11) is 0. The van der Waals surface area contributed by atoms with Gasteiger partial charge in [-0.25, -0.2) is 4.68 Å². The third kappa shape index (κ3) is 2.29. The first-order valence-corrected chi connectivity index (χ1v) is 7.62. The molecule has 0 aliphatic carbocycles. The van der Waals surface area contributed by atoms with E-state index in [2.05, 4.69) is 19.2 Å². The van der Waals surface area contributed by atoms with E-state index in [1.807, 2.05) is 16.8 Å². The lowest BCUT2D eigenvalue weighted by Gasteiger charge is -2.09. The molecule has 5 heteroatoms. The van der Waals surface area contributed by atoms with Crippen molar-refractivity contribution in [2.75, 3.05) is 11.9 Å². The molecular weight excluding hydrogens is 293 g/mol. The fourth-order valence-electron chi connectivity index (χ4n) is 2.63. The van der Waals surface area contributed by atoms with Crippen molar-refractivity contribution in [1.29, 1.82) is 0 Å². The zero-order valence-electron chi connectivity index (χ0n) is 11.6. The van der Waals surface area contributed by atoms with Gasteiger partial charge in [0.1, 0.15) is 5.82 Å². The quantitative estimate of drug-likeness (QED) is 0.913. The maximum absolute atomic E-state index is 6.32. The van der Waals surface area contributed by atoms with Gasteiger partial charge in [-0.3, -0.25) is 0 Å². The van der Waals surface area contributed by atoms with Gasteiger partial charge in [-0.15, -0.1) is 0 Å². The number of halogens is 2. The Kier molecular flexibility index (Phi) is 3.65. The molecule has 0 radical (unpaired) electrons. The first kappa shape index (κ1) is 13.8. The second-order valence-corrected chi connectivity index (χ2v) is 6.32. The predicted molar refractivity (Wildman–Crippen MR) is 84.3 cm³/mol. The van der Waals surface area contributed by atoms with Crippen LogP contribution in [0, 0.1) is 5.92 Å². The molecule has 2 aromatic rings. The van der Waals surface area contributed by atoms with Gasteiger partial charge in [0, 0.05) is 12.1 Å². The smallest absolute Gasteiger partial charge is 0.133 e. The first-order chi connectivity index (χ1) is 9.58. The second-order valence-electron chi connectivity index (χ2n) is 5.53. The van der Waals surface area contributed by atoms with Crippen molar-refractivity contribution in [3.05, 3.63) is 39.5 Å². The van der Waals surface area contributed by atoms with Gasteiger partial charge in [-0.05, 0) is 30.9 Å². The summed E-state index contributed by atoms with van der Waals surface area (Å²) in [6, 6.07) is 5.63. The van der Waals surface area contributed by atoms with Gasteiger partial charge in [0.15, 0.2) is 0 Å². The summed E-state index contributed by atoms with van der Waals surface area (Å²) in [5, 5.41) is 9.26. The number of fused-ring (bicyclic) bond motifs is 1. The van der Waals surface area contributed by atoms with Crippen LogP contribution in [0.15, 0.2) is 18.2 Å². The maximum atomic E-state index is 6.32. The molecular formula is C15H17Cl2N3. The van der Waals surface area contributed by atoms with Crippen LogP contribution in [0.1, 0.15) is 25.1 Å². The third-order valence-corrected chi connectivity index (χ3v) is 4.30. The van der Waals surface area contributed by atoms with Gasteiger partial charge < -0.3 is 5.32 Å². The fourth-order valence-corrected chi connectivity index (χ4v) is 3.00. The van der Waals surface area contributed by atoms with Crippen LogP contribution in [0.4, 0.5) is 5.82 Å². The van der Waals surface area contributed by atoms with E-state index in [0.717, 1.165) is 36.6 Å². The van der Waals surface area contributed by atoms with E-state index in [9.17, 15) is 0 Å². The standard InChI is InChI=1S/C15H17Cl2N3/c1-9(2)8-12-10-6-7-18-15(10)20(19-12)13-5-3-4-11(16)14(13)17/h3-5,9,18H,6-8H2,1-2H3. The van der Waals surface area contributed by atoms with Gasteiger partial charge in [-0.1, -0.05) is 43.1 Å². The van der Waals surface area contributed by atoms with Crippen molar-refractivity contribution in [1.82, 2.24) is 9.78 Å². The summed E-state index contributed by atoms with van der Waals surface area (Å²) >= 11 is 12.4. The topological polar surface area (TPSA) is 29.9 Å². The van der Waals surface area contributed by atoms with Crippen LogP contribution in [-0.2, 0) is 12.8 Å². The summed E-state index contributed by atoms with van der Waals surface area (Å²) in [4.78, 5) is 0. The fraction of sp³-hybridized carbons (Fsp3) is 0.400. The SMILES string of the molecule is CC(C)Cc1nn(-c2cccc(Cl)c2Cl)c2c1CCN2. The van der Waals surface area contributed by atoms with Gasteiger partial charge in [0.25, 0.3) is 0 Å². The number of hydrogen-bond donors (Lipinski definition) is 1. The highest BCUT2D eigenvalue weighted by molar-refractivity contribution is 6.43. The second kappa shape index (κ2) is 5.30. The monoisotopic (exact) mass is 309 g/mol. The third-order valence-electron chi connectivity index (χ3n) is 3.50. The van der Waals surface area contributed by atoms with E-state index in [0.29, 0.717) is 16.0 Å². The molecule has 0 saturated heterocycles. The summed E-state index contributed by atoms with van der Waals surface area (Å²) in [5.41, 5.74) is 3.31. The van der Waals surface area contributed by atoms with Crippen molar-refractivity contribution in [3.8, 4) is 5.69 Å². The van der Waals surface area contributed by atoms with E-state index in [4.69, 9.17) is 28.3 Å². The van der Waals surface area contributed by atoms with Crippen LogP contribution in [0.2, 0.25) is 10.0 Å². The van der Waals surface area contributed by atoms with Crippen LogP contribution in [0.5, 0.6) is 0 Å². The molecule has 0 saturated carbocycles. The van der Waals surface area contributed by atoms with Gasteiger partial charge in [0.2, 0.25) is 0 Å². The summed E-state index contributed by atoms with van der Waals surface area (Å²) < 4.78 is 1.90. The Morgan fingerprint density at radius 1 is 1.35 bits per heavy atom. The number of benzene rings is 1. The molecule has 0 bridgehead atoms. The number of anilines is 1. The largest absolute Gasteiger partial charge is 0.369 e. The highest BCUT2D eigenvalue weighted by Crippen LogP contribution is 2.34. The van der Waals surface area contributed by atoms with E-state index < -0.39 is 0 Å². The van der Waals surface area contributed by atoms with Crippen LogP contribution in [-0.4, -0.2) is 16.3 Å². The highest BCUT2D eigenvalue weighted by atomic mass is 35.5. The average Bonchev–Trinajstić information content (AvgIpc) is 2.96. The number of rotatable bonds is 3. The van der Waals surface area contributed by atoms with E-state index in [1.54, 1.807) is 6.07 Å². The van der Waals surface area contributed by atoms with Crippen molar-refractivity contribution < 1.29 is 0 Å². The number of nitrogens with zero attached hydrogens (tertiary/aromatic N) is 2. The molecule has 3 rings (SSSR count). The highest BCUT2D eigenvalue weighted by Gasteiger charge is 2.24. The Hall–Kier alpha value is -1.19. The Balaban J connectivity index is 2.13.